The van der Waals surface area contributed by atoms with Gasteiger partial charge in [0.15, 0.2) is 0 Å². The van der Waals surface area contributed by atoms with E-state index in [2.05, 4.69) is 0 Å². The first kappa shape index (κ1) is 22.6. The number of hydrogen-bond acceptors (Lipinski definition) is 5. The van der Waals surface area contributed by atoms with Gasteiger partial charge in [0.1, 0.15) is 0 Å². The average Bonchev–Trinajstić information content (AvgIpc) is 3.26. The summed E-state index contributed by atoms with van der Waals surface area (Å²) < 4.78 is 32.9. The number of carbonyl (C=O) groups is 1. The molecular weight excluding hydrogens is 460 g/mol. The van der Waals surface area contributed by atoms with Gasteiger partial charge in [0, 0.05) is 11.6 Å². The molecule has 6 nitrogen and oxygen atoms in total. The van der Waals surface area contributed by atoms with Crippen LogP contribution < -0.4 is 4.31 Å². The lowest BCUT2D eigenvalue weighted by Gasteiger charge is -2.20. The van der Waals surface area contributed by atoms with Crippen molar-refractivity contribution >= 4 is 45.4 Å². The Bertz CT molecular complexity index is 1420. The first-order valence-electron chi connectivity index (χ1n) is 10.1. The van der Waals surface area contributed by atoms with Gasteiger partial charge in [0.05, 0.1) is 34.9 Å². The summed E-state index contributed by atoms with van der Waals surface area (Å²) in [4.78, 5) is 12.3. The van der Waals surface area contributed by atoms with E-state index in [1.54, 1.807) is 66.7 Å². The number of ether oxygens (including phenoxy) is 1. The maximum absolute atomic E-state index is 13.3. The van der Waals surface area contributed by atoms with E-state index in [1.807, 2.05) is 6.07 Å². The zero-order valence-electron chi connectivity index (χ0n) is 17.7. The van der Waals surface area contributed by atoms with Crippen molar-refractivity contribution in [2.75, 3.05) is 18.0 Å². The Morgan fingerprint density at radius 2 is 1.94 bits per heavy atom. The lowest BCUT2D eigenvalue weighted by atomic mass is 10.0. The van der Waals surface area contributed by atoms with E-state index in [9.17, 15) is 13.2 Å². The minimum Gasteiger partial charge on any atom is -0.465 e. The number of benzene rings is 3. The number of rotatable bonds is 5. The molecule has 0 saturated carbocycles. The zero-order chi connectivity index (χ0) is 23.6. The summed E-state index contributed by atoms with van der Waals surface area (Å²) in [6.45, 7) is 0.353. The molecule has 33 heavy (non-hydrogen) atoms. The second-order valence-electron chi connectivity index (χ2n) is 7.41. The number of methoxy groups -OCH3 is 1. The lowest BCUT2D eigenvalue weighted by molar-refractivity contribution is 0.0600. The standard InChI is InChI=1S/C25H19ClN2O4S/c1-32-25(29)23-14-18(16-27)6-8-19(23)7-5-17-3-2-4-22(13-17)33(30,31)28-12-11-20-15-21(26)9-10-24(20)28/h2-10,13-15H,11-12H2,1H3. The van der Waals surface area contributed by atoms with Crippen molar-refractivity contribution in [3.63, 3.8) is 0 Å². The number of nitriles is 1. The van der Waals surface area contributed by atoms with Gasteiger partial charge < -0.3 is 4.74 Å². The third-order valence-electron chi connectivity index (χ3n) is 5.38. The fraction of sp³-hybridized carbons (Fsp3) is 0.120. The number of sulfonamides is 1. The highest BCUT2D eigenvalue weighted by Crippen LogP contribution is 2.34. The van der Waals surface area contributed by atoms with Crippen molar-refractivity contribution < 1.29 is 17.9 Å². The van der Waals surface area contributed by atoms with Crippen LogP contribution in [0.3, 0.4) is 0 Å². The summed E-state index contributed by atoms with van der Waals surface area (Å²) >= 11 is 6.04. The Morgan fingerprint density at radius 3 is 2.70 bits per heavy atom. The SMILES string of the molecule is COC(=O)c1cc(C#N)ccc1C=Cc1cccc(S(=O)(=O)N2CCc3cc(Cl)ccc32)c1. The number of carbonyl (C=O) groups excluding carboxylic acids is 1. The fourth-order valence-electron chi connectivity index (χ4n) is 3.74. The minimum atomic E-state index is -3.76. The van der Waals surface area contributed by atoms with Gasteiger partial charge in [0.2, 0.25) is 0 Å². The Morgan fingerprint density at radius 1 is 1.12 bits per heavy atom. The molecule has 0 fully saturated rings. The molecule has 8 heteroatoms. The van der Waals surface area contributed by atoms with E-state index < -0.39 is 16.0 Å². The predicted molar refractivity (Wildman–Crippen MR) is 128 cm³/mol. The van der Waals surface area contributed by atoms with Gasteiger partial charge in [-0.25, -0.2) is 13.2 Å². The van der Waals surface area contributed by atoms with Crippen LogP contribution in [0.25, 0.3) is 12.2 Å². The van der Waals surface area contributed by atoms with E-state index in [-0.39, 0.29) is 10.5 Å². The van der Waals surface area contributed by atoms with Crippen LogP contribution in [-0.2, 0) is 21.2 Å². The van der Waals surface area contributed by atoms with E-state index in [0.29, 0.717) is 40.4 Å². The molecule has 3 aromatic carbocycles. The molecule has 0 saturated heterocycles. The largest absolute Gasteiger partial charge is 0.465 e. The number of hydrogen-bond donors (Lipinski definition) is 0. The molecule has 0 unspecified atom stereocenters. The van der Waals surface area contributed by atoms with Crippen LogP contribution in [0.5, 0.6) is 0 Å². The molecule has 0 spiro atoms. The molecule has 1 aliphatic heterocycles. The van der Waals surface area contributed by atoms with Crippen molar-refractivity contribution in [3.05, 3.63) is 93.5 Å². The molecule has 0 N–H and O–H groups in total. The first-order valence-corrected chi connectivity index (χ1v) is 11.9. The molecule has 0 aliphatic carbocycles. The molecule has 1 heterocycles. The van der Waals surface area contributed by atoms with Crippen molar-refractivity contribution in [3.8, 4) is 6.07 Å². The Hall–Kier alpha value is -3.60. The van der Waals surface area contributed by atoms with Gasteiger partial charge in [-0.2, -0.15) is 5.26 Å². The van der Waals surface area contributed by atoms with Crippen LogP contribution in [-0.4, -0.2) is 28.0 Å². The zero-order valence-corrected chi connectivity index (χ0v) is 19.2. The van der Waals surface area contributed by atoms with E-state index in [4.69, 9.17) is 21.6 Å². The van der Waals surface area contributed by atoms with Crippen LogP contribution in [0.2, 0.25) is 5.02 Å². The number of fused-ring (bicyclic) bond motifs is 1. The third-order valence-corrected chi connectivity index (χ3v) is 7.43. The predicted octanol–water partition coefficient (Wildman–Crippen LogP) is 4.92. The molecule has 166 valence electrons. The smallest absolute Gasteiger partial charge is 0.338 e. The normalized spacial score (nSPS) is 13.1. The highest BCUT2D eigenvalue weighted by Gasteiger charge is 2.31. The van der Waals surface area contributed by atoms with Crippen LogP contribution in [0, 0.1) is 11.3 Å². The van der Waals surface area contributed by atoms with Gasteiger partial charge in [-0.05, 0) is 65.6 Å². The van der Waals surface area contributed by atoms with Crippen molar-refractivity contribution in [1.29, 1.82) is 5.26 Å². The van der Waals surface area contributed by atoms with E-state index in [0.717, 1.165) is 5.56 Å². The molecule has 3 aromatic rings. The molecule has 0 aromatic heterocycles. The molecule has 0 amide bonds. The van der Waals surface area contributed by atoms with Gasteiger partial charge in [0.25, 0.3) is 10.0 Å². The minimum absolute atomic E-state index is 0.167. The summed E-state index contributed by atoms with van der Waals surface area (Å²) in [5.41, 5.74) is 3.34. The first-order chi connectivity index (χ1) is 15.8. The molecule has 0 atom stereocenters. The second kappa shape index (κ2) is 9.10. The molecule has 0 radical (unpaired) electrons. The Balaban J connectivity index is 1.66. The van der Waals surface area contributed by atoms with Gasteiger partial charge in [-0.3, -0.25) is 4.31 Å². The van der Waals surface area contributed by atoms with Gasteiger partial charge in [-0.15, -0.1) is 0 Å². The van der Waals surface area contributed by atoms with E-state index >= 15 is 0 Å². The second-order valence-corrected chi connectivity index (χ2v) is 9.71. The summed E-state index contributed by atoms with van der Waals surface area (Å²) in [5.74, 6) is -0.559. The van der Waals surface area contributed by atoms with Crippen molar-refractivity contribution in [2.24, 2.45) is 0 Å². The average molecular weight is 479 g/mol. The quantitative estimate of drug-likeness (QED) is 0.383. The highest BCUT2D eigenvalue weighted by molar-refractivity contribution is 7.92. The maximum Gasteiger partial charge on any atom is 0.338 e. The molecule has 1 aliphatic rings. The monoisotopic (exact) mass is 478 g/mol. The molecule has 4 rings (SSSR count). The van der Waals surface area contributed by atoms with Crippen molar-refractivity contribution in [2.45, 2.75) is 11.3 Å². The number of halogens is 1. The topological polar surface area (TPSA) is 87.5 Å². The maximum atomic E-state index is 13.3. The molecular formula is C25H19ClN2O4S. The summed E-state index contributed by atoms with van der Waals surface area (Å²) in [5, 5.41) is 9.68. The number of nitrogens with zero attached hydrogens (tertiary/aromatic N) is 2. The third kappa shape index (κ3) is 4.49. The van der Waals surface area contributed by atoms with Crippen molar-refractivity contribution in [1.82, 2.24) is 0 Å². The van der Waals surface area contributed by atoms with Crippen LogP contribution in [0.4, 0.5) is 5.69 Å². The Kier molecular flexibility index (Phi) is 6.23. The summed E-state index contributed by atoms with van der Waals surface area (Å²) in [6.07, 6.45) is 4.00. The number of anilines is 1. The fourth-order valence-corrected chi connectivity index (χ4v) is 5.49. The summed E-state index contributed by atoms with van der Waals surface area (Å²) in [7, 11) is -2.49. The summed E-state index contributed by atoms with van der Waals surface area (Å²) in [6, 6.07) is 18.5. The highest BCUT2D eigenvalue weighted by atomic mass is 35.5. The van der Waals surface area contributed by atoms with Gasteiger partial charge >= 0.3 is 5.97 Å². The lowest BCUT2D eigenvalue weighted by Crippen LogP contribution is -2.29. The van der Waals surface area contributed by atoms with Gasteiger partial charge in [-0.1, -0.05) is 42.0 Å². The van der Waals surface area contributed by atoms with Crippen LogP contribution >= 0.6 is 11.6 Å². The molecule has 0 bridgehead atoms. The van der Waals surface area contributed by atoms with Crippen LogP contribution in [0.1, 0.15) is 32.6 Å². The van der Waals surface area contributed by atoms with E-state index in [1.165, 1.54) is 17.5 Å². The number of esters is 1. The van der Waals surface area contributed by atoms with Crippen LogP contribution in [0.15, 0.2) is 65.6 Å². The Labute approximate surface area is 197 Å².